The normalized spacial score (nSPS) is 12.7. The number of ether oxygens (including phenoxy) is 1. The number of rotatable bonds is 14. The second kappa shape index (κ2) is 20.1. The molecule has 238 valence electrons. The summed E-state index contributed by atoms with van der Waals surface area (Å²) < 4.78 is 10.1. The summed E-state index contributed by atoms with van der Waals surface area (Å²) in [5.41, 5.74) is 1.31. The zero-order valence-corrected chi connectivity index (χ0v) is 26.2. The molecule has 3 N–H and O–H groups in total. The number of aliphatic hydroxyl groups is 1. The Bertz CT molecular complexity index is 1250. The highest BCUT2D eigenvalue weighted by molar-refractivity contribution is 6.10. The predicted octanol–water partition coefficient (Wildman–Crippen LogP) is 5.51. The molecule has 0 saturated carbocycles. The van der Waals surface area contributed by atoms with Gasteiger partial charge in [0.25, 0.3) is 11.6 Å². The maximum Gasteiger partial charge on any atom is 0.294 e. The lowest BCUT2D eigenvalue weighted by molar-refractivity contribution is -0.385. The van der Waals surface area contributed by atoms with Gasteiger partial charge in [0, 0.05) is 45.0 Å². The van der Waals surface area contributed by atoms with Crippen LogP contribution in [0.3, 0.4) is 0 Å². The van der Waals surface area contributed by atoms with E-state index in [1.165, 1.54) is 12.1 Å². The molecule has 0 saturated heterocycles. The number of methoxy groups -OCH3 is 1. The van der Waals surface area contributed by atoms with Crippen LogP contribution >= 0.6 is 0 Å². The van der Waals surface area contributed by atoms with Gasteiger partial charge in [-0.15, -0.1) is 0 Å². The van der Waals surface area contributed by atoms with Crippen LogP contribution in [-0.2, 0) is 9.53 Å². The molecule has 0 spiro atoms. The number of hydrogen-bond acceptors (Lipinski definition) is 11. The quantitative estimate of drug-likeness (QED) is 0.0919. The number of aldehydes is 1. The van der Waals surface area contributed by atoms with E-state index >= 15 is 0 Å². The standard InChI is InChI=1S/C14H11N5O4.C13H27NO2.C3H8O/c1-15-12-11-9(3-2-6-16-11)23-13(12)14(20)18-10-5-4-8(7-17-10)19(21)22;1-5-7-13(10-15)9-6-8-11(2)14(4)12(3)16;1-3-4-2/h2-7,15H,1H3,(H,17,18,20);10-13,16H,5-9H2,1-4H3;3H2,1-2H3/t;11?,12?,13-;/m.1./s1. The third kappa shape index (κ3) is 12.4. The summed E-state index contributed by atoms with van der Waals surface area (Å²) in [4.78, 5) is 43.1. The molecule has 0 fully saturated rings. The zero-order chi connectivity index (χ0) is 32.4. The van der Waals surface area contributed by atoms with Crippen LogP contribution in [0.2, 0.25) is 0 Å². The number of carbonyl (C=O) groups is 2. The summed E-state index contributed by atoms with van der Waals surface area (Å²) in [6, 6.07) is 6.36. The van der Waals surface area contributed by atoms with Crippen molar-refractivity contribution in [2.24, 2.45) is 5.92 Å². The maximum atomic E-state index is 12.3. The first-order valence-electron chi connectivity index (χ1n) is 14.4. The molecule has 3 aromatic rings. The van der Waals surface area contributed by atoms with Crippen molar-refractivity contribution in [3.05, 3.63) is 52.5 Å². The second-order valence-corrected chi connectivity index (χ2v) is 9.86. The van der Waals surface area contributed by atoms with Crippen molar-refractivity contribution in [1.29, 1.82) is 0 Å². The largest absolute Gasteiger partial charge is 0.447 e. The fourth-order valence-electron chi connectivity index (χ4n) is 3.96. The Kier molecular flexibility index (Phi) is 17.3. The zero-order valence-electron chi connectivity index (χ0n) is 26.2. The smallest absolute Gasteiger partial charge is 0.294 e. The number of nitro groups is 1. The van der Waals surface area contributed by atoms with Crippen molar-refractivity contribution >= 4 is 40.5 Å². The van der Waals surface area contributed by atoms with Gasteiger partial charge >= 0.3 is 0 Å². The lowest BCUT2D eigenvalue weighted by Gasteiger charge is -2.27. The molecule has 3 heterocycles. The third-order valence-corrected chi connectivity index (χ3v) is 6.73. The van der Waals surface area contributed by atoms with Crippen LogP contribution in [0.1, 0.15) is 70.4 Å². The number of nitrogens with zero attached hydrogens (tertiary/aromatic N) is 4. The lowest BCUT2D eigenvalue weighted by atomic mass is 9.97. The molecule has 0 aliphatic heterocycles. The van der Waals surface area contributed by atoms with Crippen LogP contribution in [0.15, 0.2) is 41.1 Å². The van der Waals surface area contributed by atoms with Gasteiger partial charge in [0.05, 0.1) is 4.92 Å². The number of nitrogens with one attached hydrogen (secondary N) is 2. The predicted molar refractivity (Wildman–Crippen MR) is 167 cm³/mol. The molecule has 13 heteroatoms. The number of hydrogen-bond donors (Lipinski definition) is 3. The molecule has 3 aromatic heterocycles. The Morgan fingerprint density at radius 2 is 1.91 bits per heavy atom. The number of anilines is 2. The molecule has 0 radical (unpaired) electrons. The monoisotopic (exact) mass is 602 g/mol. The summed E-state index contributed by atoms with van der Waals surface area (Å²) in [5.74, 6) is -0.0693. The van der Waals surface area contributed by atoms with Crippen molar-refractivity contribution in [3.8, 4) is 0 Å². The SMILES string of the molecule is CCC[C@@H](C=O)CCCC(C)N(C)C(C)O.CCOC.CNc1c(C(=O)Nc2ccc([N+](=O)[O-])cn2)oc2cccnc12. The molecule has 0 bridgehead atoms. The number of amides is 1. The highest BCUT2D eigenvalue weighted by Gasteiger charge is 2.21. The van der Waals surface area contributed by atoms with Crippen LogP contribution in [0, 0.1) is 16.0 Å². The summed E-state index contributed by atoms with van der Waals surface area (Å²) in [6.07, 6.45) is 8.51. The Morgan fingerprint density at radius 1 is 1.21 bits per heavy atom. The summed E-state index contributed by atoms with van der Waals surface area (Å²) in [7, 11) is 5.26. The molecule has 3 atom stereocenters. The van der Waals surface area contributed by atoms with Crippen LogP contribution < -0.4 is 10.6 Å². The van der Waals surface area contributed by atoms with Gasteiger partial charge in [-0.05, 0) is 65.3 Å². The number of aliphatic hydroxyl groups excluding tert-OH is 1. The van der Waals surface area contributed by atoms with Gasteiger partial charge in [0.2, 0.25) is 5.76 Å². The highest BCUT2D eigenvalue weighted by Crippen LogP contribution is 2.29. The molecule has 0 aliphatic carbocycles. The Balaban J connectivity index is 0.000000405. The van der Waals surface area contributed by atoms with Crippen molar-refractivity contribution < 1.29 is 28.8 Å². The molecule has 0 aliphatic rings. The number of fused-ring (bicyclic) bond motifs is 1. The van der Waals surface area contributed by atoms with E-state index in [-0.39, 0.29) is 23.2 Å². The van der Waals surface area contributed by atoms with E-state index < -0.39 is 17.1 Å². The van der Waals surface area contributed by atoms with Gasteiger partial charge in [-0.3, -0.25) is 24.8 Å². The molecule has 3 rings (SSSR count). The summed E-state index contributed by atoms with van der Waals surface area (Å²) in [6.45, 7) is 8.78. The van der Waals surface area contributed by atoms with E-state index in [0.717, 1.165) is 51.2 Å². The van der Waals surface area contributed by atoms with Gasteiger partial charge < -0.3 is 29.7 Å². The summed E-state index contributed by atoms with van der Waals surface area (Å²) in [5, 5.41) is 25.4. The lowest BCUT2D eigenvalue weighted by Crippen LogP contribution is -2.36. The highest BCUT2D eigenvalue weighted by atomic mass is 16.6. The Morgan fingerprint density at radius 3 is 2.42 bits per heavy atom. The average molecular weight is 603 g/mol. The number of carbonyl (C=O) groups excluding carboxylic acids is 2. The fourth-order valence-corrected chi connectivity index (χ4v) is 3.96. The first kappa shape index (κ1) is 37.1. The van der Waals surface area contributed by atoms with Crippen LogP contribution in [0.25, 0.3) is 11.1 Å². The van der Waals surface area contributed by atoms with Crippen LogP contribution in [-0.4, -0.2) is 77.2 Å². The van der Waals surface area contributed by atoms with Crippen LogP contribution in [0.5, 0.6) is 0 Å². The van der Waals surface area contributed by atoms with Gasteiger partial charge in [-0.2, -0.15) is 0 Å². The van der Waals surface area contributed by atoms with Crippen molar-refractivity contribution in [2.75, 3.05) is 38.4 Å². The second-order valence-electron chi connectivity index (χ2n) is 9.86. The maximum absolute atomic E-state index is 12.3. The fraction of sp³-hybridized carbons (Fsp3) is 0.533. The van der Waals surface area contributed by atoms with E-state index in [4.69, 9.17) is 4.42 Å². The van der Waals surface area contributed by atoms with Crippen molar-refractivity contribution in [1.82, 2.24) is 14.9 Å². The molecular formula is C30H46N6O7. The summed E-state index contributed by atoms with van der Waals surface area (Å²) >= 11 is 0. The molecule has 2 unspecified atom stereocenters. The Hall–Kier alpha value is -3.94. The average Bonchev–Trinajstić information content (AvgIpc) is 3.39. The minimum absolute atomic E-state index is 0.0568. The first-order chi connectivity index (χ1) is 20.5. The number of aromatic nitrogens is 2. The van der Waals surface area contributed by atoms with Gasteiger partial charge in [-0.1, -0.05) is 19.8 Å². The van der Waals surface area contributed by atoms with E-state index in [0.29, 0.717) is 22.8 Å². The molecule has 13 nitrogen and oxygen atoms in total. The first-order valence-corrected chi connectivity index (χ1v) is 14.4. The molecular weight excluding hydrogens is 556 g/mol. The Labute approximate surface area is 253 Å². The molecule has 1 amide bonds. The number of furan rings is 1. The van der Waals surface area contributed by atoms with Crippen molar-refractivity contribution in [2.45, 2.75) is 72.1 Å². The molecule has 0 aromatic carbocycles. The van der Waals surface area contributed by atoms with Gasteiger partial charge in [0.15, 0.2) is 5.58 Å². The molecule has 43 heavy (non-hydrogen) atoms. The van der Waals surface area contributed by atoms with E-state index in [1.807, 2.05) is 18.9 Å². The van der Waals surface area contributed by atoms with Gasteiger partial charge in [0.1, 0.15) is 35.7 Å². The minimum atomic E-state index is -0.567. The van der Waals surface area contributed by atoms with Crippen LogP contribution in [0.4, 0.5) is 17.2 Å². The minimum Gasteiger partial charge on any atom is -0.447 e. The van der Waals surface area contributed by atoms with E-state index in [9.17, 15) is 24.8 Å². The van der Waals surface area contributed by atoms with Gasteiger partial charge in [-0.25, -0.2) is 4.98 Å². The van der Waals surface area contributed by atoms with Crippen molar-refractivity contribution in [3.63, 3.8) is 0 Å². The number of pyridine rings is 2. The topological polar surface area (TPSA) is 173 Å². The third-order valence-electron chi connectivity index (χ3n) is 6.73. The van der Waals surface area contributed by atoms with E-state index in [1.54, 1.807) is 39.4 Å². The van der Waals surface area contributed by atoms with E-state index in [2.05, 4.69) is 39.2 Å².